The molecule has 2 rings (SSSR count). The maximum Gasteiger partial charge on any atom is 0.0694 e. The fourth-order valence-electron chi connectivity index (χ4n) is 2.01. The Labute approximate surface area is 104 Å². The zero-order chi connectivity index (χ0) is 12.3. The minimum atomic E-state index is 0.782. The molecule has 1 aromatic rings. The van der Waals surface area contributed by atoms with Crippen LogP contribution in [0.25, 0.3) is 6.08 Å². The van der Waals surface area contributed by atoms with Crippen LogP contribution in [-0.2, 0) is 13.5 Å². The SMILES string of the molecule is CCC(=Cc1cn(C)nc1CC)CNC1CC1. The van der Waals surface area contributed by atoms with Gasteiger partial charge in [-0.25, -0.2) is 0 Å². The lowest BCUT2D eigenvalue weighted by Gasteiger charge is -2.06. The number of rotatable bonds is 6. The molecule has 0 atom stereocenters. The number of nitrogens with zero attached hydrogens (tertiary/aromatic N) is 2. The van der Waals surface area contributed by atoms with Crippen LogP contribution in [0.2, 0.25) is 0 Å². The first-order chi connectivity index (χ1) is 8.22. The molecule has 1 aliphatic rings. The van der Waals surface area contributed by atoms with E-state index in [4.69, 9.17) is 0 Å². The van der Waals surface area contributed by atoms with Crippen molar-refractivity contribution in [2.45, 2.75) is 45.6 Å². The van der Waals surface area contributed by atoms with Crippen molar-refractivity contribution in [3.05, 3.63) is 23.0 Å². The van der Waals surface area contributed by atoms with Crippen LogP contribution in [0.15, 0.2) is 11.8 Å². The molecule has 0 spiro atoms. The van der Waals surface area contributed by atoms with Crippen molar-refractivity contribution in [2.24, 2.45) is 7.05 Å². The second kappa shape index (κ2) is 5.50. The van der Waals surface area contributed by atoms with Crippen LogP contribution < -0.4 is 5.32 Å². The summed E-state index contributed by atoms with van der Waals surface area (Å²) in [6, 6.07) is 0.782. The highest BCUT2D eigenvalue weighted by Gasteiger charge is 2.20. The lowest BCUT2D eigenvalue weighted by Crippen LogP contribution is -2.18. The first kappa shape index (κ1) is 12.4. The molecule has 3 heteroatoms. The molecule has 0 bridgehead atoms. The molecular formula is C14H23N3. The normalized spacial score (nSPS) is 16.5. The Kier molecular flexibility index (Phi) is 4.00. The molecule has 17 heavy (non-hydrogen) atoms. The highest BCUT2D eigenvalue weighted by molar-refractivity contribution is 5.54. The molecule has 0 saturated heterocycles. The van der Waals surface area contributed by atoms with Crippen molar-refractivity contribution in [3.63, 3.8) is 0 Å². The van der Waals surface area contributed by atoms with Crippen LogP contribution in [0.1, 0.15) is 44.4 Å². The van der Waals surface area contributed by atoms with Crippen molar-refractivity contribution in [1.29, 1.82) is 0 Å². The zero-order valence-corrected chi connectivity index (χ0v) is 11.2. The molecule has 1 aromatic heterocycles. The van der Waals surface area contributed by atoms with Gasteiger partial charge >= 0.3 is 0 Å². The van der Waals surface area contributed by atoms with E-state index in [1.807, 2.05) is 11.7 Å². The Morgan fingerprint density at radius 2 is 2.29 bits per heavy atom. The Hall–Kier alpha value is -1.09. The first-order valence-corrected chi connectivity index (χ1v) is 6.68. The summed E-state index contributed by atoms with van der Waals surface area (Å²) in [5.74, 6) is 0. The van der Waals surface area contributed by atoms with Crippen LogP contribution in [0, 0.1) is 0 Å². The van der Waals surface area contributed by atoms with Gasteiger partial charge < -0.3 is 5.32 Å². The quantitative estimate of drug-likeness (QED) is 0.818. The highest BCUT2D eigenvalue weighted by atomic mass is 15.2. The van der Waals surface area contributed by atoms with Crippen molar-refractivity contribution in [2.75, 3.05) is 6.54 Å². The molecule has 0 aromatic carbocycles. The molecule has 1 saturated carbocycles. The lowest BCUT2D eigenvalue weighted by molar-refractivity contribution is 0.723. The van der Waals surface area contributed by atoms with E-state index < -0.39 is 0 Å². The standard InChI is InChI=1S/C14H23N3/c1-4-11(9-15-13-6-7-13)8-12-10-17(3)16-14(12)5-2/h8,10,13,15H,4-7,9H2,1-3H3. The third-order valence-corrected chi connectivity index (χ3v) is 3.28. The maximum absolute atomic E-state index is 4.48. The Bertz CT molecular complexity index is 400. The molecule has 1 N–H and O–H groups in total. The summed E-state index contributed by atoms with van der Waals surface area (Å²) in [6.07, 6.45) is 9.23. The molecule has 0 aliphatic heterocycles. The second-order valence-electron chi connectivity index (χ2n) is 4.87. The minimum Gasteiger partial charge on any atom is -0.310 e. The van der Waals surface area contributed by atoms with E-state index in [9.17, 15) is 0 Å². The molecule has 0 amide bonds. The third-order valence-electron chi connectivity index (χ3n) is 3.28. The molecule has 94 valence electrons. The van der Waals surface area contributed by atoms with Crippen LogP contribution in [0.3, 0.4) is 0 Å². The molecule has 0 unspecified atom stereocenters. The van der Waals surface area contributed by atoms with E-state index in [0.29, 0.717) is 0 Å². The third kappa shape index (κ3) is 3.43. The van der Waals surface area contributed by atoms with Gasteiger partial charge in [-0.1, -0.05) is 25.5 Å². The predicted octanol–water partition coefficient (Wildman–Crippen LogP) is 2.53. The van der Waals surface area contributed by atoms with Gasteiger partial charge in [0.15, 0.2) is 0 Å². The summed E-state index contributed by atoms with van der Waals surface area (Å²) < 4.78 is 1.91. The number of aromatic nitrogens is 2. The summed E-state index contributed by atoms with van der Waals surface area (Å²) >= 11 is 0. The topological polar surface area (TPSA) is 29.9 Å². The van der Waals surface area contributed by atoms with Crippen molar-refractivity contribution in [1.82, 2.24) is 15.1 Å². The first-order valence-electron chi connectivity index (χ1n) is 6.68. The van der Waals surface area contributed by atoms with Gasteiger partial charge in [-0.05, 0) is 25.7 Å². The van der Waals surface area contributed by atoms with Gasteiger partial charge in [0.1, 0.15) is 0 Å². The summed E-state index contributed by atoms with van der Waals surface area (Å²) in [6.45, 7) is 5.41. The van der Waals surface area contributed by atoms with Gasteiger partial charge in [-0.2, -0.15) is 5.10 Å². The Morgan fingerprint density at radius 1 is 1.53 bits per heavy atom. The second-order valence-corrected chi connectivity index (χ2v) is 4.87. The van der Waals surface area contributed by atoms with Crippen LogP contribution >= 0.6 is 0 Å². The maximum atomic E-state index is 4.48. The average molecular weight is 233 g/mol. The van der Waals surface area contributed by atoms with Gasteiger partial charge in [0, 0.05) is 31.4 Å². The van der Waals surface area contributed by atoms with E-state index in [2.05, 4.69) is 36.5 Å². The highest BCUT2D eigenvalue weighted by Crippen LogP contribution is 2.20. The molecule has 1 fully saturated rings. The molecular weight excluding hydrogens is 210 g/mol. The largest absolute Gasteiger partial charge is 0.310 e. The fourth-order valence-corrected chi connectivity index (χ4v) is 2.01. The smallest absolute Gasteiger partial charge is 0.0694 e. The van der Waals surface area contributed by atoms with Gasteiger partial charge in [0.2, 0.25) is 0 Å². The monoisotopic (exact) mass is 233 g/mol. The van der Waals surface area contributed by atoms with E-state index >= 15 is 0 Å². The summed E-state index contributed by atoms with van der Waals surface area (Å²) in [7, 11) is 1.99. The Morgan fingerprint density at radius 3 is 2.88 bits per heavy atom. The van der Waals surface area contributed by atoms with E-state index in [0.717, 1.165) is 25.4 Å². The van der Waals surface area contributed by atoms with Gasteiger partial charge in [-0.15, -0.1) is 0 Å². The van der Waals surface area contributed by atoms with Crippen LogP contribution in [0.5, 0.6) is 0 Å². The van der Waals surface area contributed by atoms with Crippen LogP contribution in [-0.4, -0.2) is 22.4 Å². The molecule has 3 nitrogen and oxygen atoms in total. The van der Waals surface area contributed by atoms with Crippen molar-refractivity contribution < 1.29 is 0 Å². The average Bonchev–Trinajstić information content (AvgIpc) is 3.08. The van der Waals surface area contributed by atoms with E-state index in [1.54, 1.807) is 0 Å². The van der Waals surface area contributed by atoms with Crippen LogP contribution in [0.4, 0.5) is 0 Å². The van der Waals surface area contributed by atoms with Crippen molar-refractivity contribution >= 4 is 6.08 Å². The number of aryl methyl sites for hydroxylation is 2. The summed E-state index contributed by atoms with van der Waals surface area (Å²) in [5.41, 5.74) is 3.95. The molecule has 0 radical (unpaired) electrons. The minimum absolute atomic E-state index is 0.782. The molecule has 1 aliphatic carbocycles. The number of hydrogen-bond acceptors (Lipinski definition) is 2. The van der Waals surface area contributed by atoms with E-state index in [1.165, 1.54) is 29.7 Å². The Balaban J connectivity index is 2.06. The molecule has 1 heterocycles. The van der Waals surface area contributed by atoms with Crippen molar-refractivity contribution in [3.8, 4) is 0 Å². The van der Waals surface area contributed by atoms with E-state index in [-0.39, 0.29) is 0 Å². The summed E-state index contributed by atoms with van der Waals surface area (Å²) in [4.78, 5) is 0. The van der Waals surface area contributed by atoms with Gasteiger partial charge in [0.05, 0.1) is 5.69 Å². The lowest BCUT2D eigenvalue weighted by atomic mass is 10.1. The van der Waals surface area contributed by atoms with Gasteiger partial charge in [-0.3, -0.25) is 4.68 Å². The zero-order valence-electron chi connectivity index (χ0n) is 11.2. The number of hydrogen-bond donors (Lipinski definition) is 1. The van der Waals surface area contributed by atoms with Gasteiger partial charge in [0.25, 0.3) is 0 Å². The summed E-state index contributed by atoms with van der Waals surface area (Å²) in [5, 5.41) is 8.05. The predicted molar refractivity (Wildman–Crippen MR) is 71.9 cm³/mol. The fraction of sp³-hybridized carbons (Fsp3) is 0.643. The number of nitrogens with one attached hydrogen (secondary N) is 1.